The van der Waals surface area contributed by atoms with E-state index in [-0.39, 0.29) is 5.41 Å². The standard InChI is InChI=1S/C16H26O.C2H6/c1-13(9-8-12-16(3,4)5)14(2)17-15-10-6-7-11-15;1-2/h13,15H,2,6-7,9-11H2,1,3-5H3;1-2H3/t13-;/m0./s1. The molecule has 1 nitrogen and oxygen atoms in total. The number of ether oxygens (including phenoxy) is 1. The second-order valence-corrected chi connectivity index (χ2v) is 6.15. The van der Waals surface area contributed by atoms with Crippen LogP contribution in [0.4, 0.5) is 0 Å². The number of allylic oxidation sites excluding steroid dienone is 1. The fourth-order valence-electron chi connectivity index (χ4n) is 1.92. The molecule has 1 aliphatic carbocycles. The third kappa shape index (κ3) is 8.76. The second-order valence-electron chi connectivity index (χ2n) is 6.15. The largest absolute Gasteiger partial charge is 0.495 e. The maximum atomic E-state index is 5.89. The van der Waals surface area contributed by atoms with Crippen molar-refractivity contribution in [2.75, 3.05) is 0 Å². The molecule has 1 fully saturated rings. The van der Waals surface area contributed by atoms with E-state index in [0.717, 1.165) is 12.2 Å². The lowest BCUT2D eigenvalue weighted by atomic mass is 9.97. The molecule has 1 heteroatoms. The van der Waals surface area contributed by atoms with Gasteiger partial charge in [-0.05, 0) is 46.5 Å². The molecule has 0 aromatic carbocycles. The van der Waals surface area contributed by atoms with Gasteiger partial charge in [-0.3, -0.25) is 0 Å². The van der Waals surface area contributed by atoms with Crippen LogP contribution in [0.2, 0.25) is 0 Å². The second kappa shape index (κ2) is 9.08. The van der Waals surface area contributed by atoms with Gasteiger partial charge in [0.15, 0.2) is 0 Å². The molecule has 1 aliphatic rings. The molecule has 0 aromatic rings. The number of rotatable bonds is 4. The molecule has 110 valence electrons. The zero-order chi connectivity index (χ0) is 14.9. The van der Waals surface area contributed by atoms with Crippen molar-refractivity contribution in [2.45, 2.75) is 79.8 Å². The summed E-state index contributed by atoms with van der Waals surface area (Å²) in [4.78, 5) is 0. The van der Waals surface area contributed by atoms with Crippen LogP contribution in [0.5, 0.6) is 0 Å². The Labute approximate surface area is 120 Å². The van der Waals surface area contributed by atoms with Crippen LogP contribution in [0.15, 0.2) is 12.3 Å². The number of hydrogen-bond donors (Lipinski definition) is 0. The summed E-state index contributed by atoms with van der Waals surface area (Å²) >= 11 is 0. The van der Waals surface area contributed by atoms with Gasteiger partial charge in [0.25, 0.3) is 0 Å². The SMILES string of the molecule is C=C(OC1CCCC1)[C@@H](C)CC#CC(C)(C)C.CC. The highest BCUT2D eigenvalue weighted by molar-refractivity contribution is 5.09. The summed E-state index contributed by atoms with van der Waals surface area (Å²) in [6.45, 7) is 16.6. The Balaban J connectivity index is 0.00000154. The Hall–Kier alpha value is -0.900. The molecule has 0 amide bonds. The van der Waals surface area contributed by atoms with E-state index in [2.05, 4.69) is 46.1 Å². The quantitative estimate of drug-likeness (QED) is 0.477. The third-order valence-electron chi connectivity index (χ3n) is 3.04. The molecule has 1 rings (SSSR count). The highest BCUT2D eigenvalue weighted by Gasteiger charge is 2.18. The van der Waals surface area contributed by atoms with Gasteiger partial charge in [-0.2, -0.15) is 0 Å². The van der Waals surface area contributed by atoms with Crippen molar-refractivity contribution in [1.82, 2.24) is 0 Å². The van der Waals surface area contributed by atoms with Crippen molar-refractivity contribution in [3.63, 3.8) is 0 Å². The lowest BCUT2D eigenvalue weighted by Crippen LogP contribution is -2.11. The van der Waals surface area contributed by atoms with Gasteiger partial charge >= 0.3 is 0 Å². The van der Waals surface area contributed by atoms with Gasteiger partial charge in [0.2, 0.25) is 0 Å². The van der Waals surface area contributed by atoms with Gasteiger partial charge in [-0.15, -0.1) is 5.92 Å². The molecule has 1 atom stereocenters. The van der Waals surface area contributed by atoms with Gasteiger partial charge in [0, 0.05) is 17.8 Å². The van der Waals surface area contributed by atoms with Crippen molar-refractivity contribution < 1.29 is 4.74 Å². The van der Waals surface area contributed by atoms with Crippen LogP contribution in [0.25, 0.3) is 0 Å². The lowest BCUT2D eigenvalue weighted by molar-refractivity contribution is 0.102. The van der Waals surface area contributed by atoms with E-state index in [0.29, 0.717) is 12.0 Å². The van der Waals surface area contributed by atoms with Crippen LogP contribution >= 0.6 is 0 Å². The summed E-state index contributed by atoms with van der Waals surface area (Å²) in [5, 5.41) is 0. The zero-order valence-corrected chi connectivity index (χ0v) is 13.8. The first-order valence-corrected chi connectivity index (χ1v) is 7.74. The first-order valence-electron chi connectivity index (χ1n) is 7.74. The van der Waals surface area contributed by atoms with Crippen LogP contribution in [0.3, 0.4) is 0 Å². The van der Waals surface area contributed by atoms with Crippen LogP contribution in [-0.4, -0.2) is 6.10 Å². The first kappa shape index (κ1) is 18.1. The summed E-state index contributed by atoms with van der Waals surface area (Å²) < 4.78 is 5.89. The summed E-state index contributed by atoms with van der Waals surface area (Å²) in [5.74, 6) is 7.75. The summed E-state index contributed by atoms with van der Waals surface area (Å²) in [6, 6.07) is 0. The summed E-state index contributed by atoms with van der Waals surface area (Å²) in [5.41, 5.74) is 0.0906. The van der Waals surface area contributed by atoms with Crippen LogP contribution in [-0.2, 0) is 4.74 Å². The average molecular weight is 264 g/mol. The zero-order valence-electron chi connectivity index (χ0n) is 13.8. The maximum Gasteiger partial charge on any atom is 0.0982 e. The van der Waals surface area contributed by atoms with E-state index in [4.69, 9.17) is 4.74 Å². The topological polar surface area (TPSA) is 9.23 Å². The van der Waals surface area contributed by atoms with Crippen LogP contribution < -0.4 is 0 Å². The lowest BCUT2D eigenvalue weighted by Gasteiger charge is -2.19. The molecule has 0 heterocycles. The molecular formula is C18H32O. The predicted octanol–water partition coefficient (Wildman–Crippen LogP) is 5.56. The highest BCUT2D eigenvalue weighted by Crippen LogP contribution is 2.26. The Morgan fingerprint density at radius 1 is 1.26 bits per heavy atom. The normalized spacial score (nSPS) is 16.7. The third-order valence-corrected chi connectivity index (χ3v) is 3.04. The van der Waals surface area contributed by atoms with E-state index in [1.54, 1.807) is 0 Å². The Morgan fingerprint density at radius 3 is 2.26 bits per heavy atom. The molecule has 1 saturated carbocycles. The molecule has 0 aliphatic heterocycles. The van der Waals surface area contributed by atoms with Gasteiger partial charge in [0.1, 0.15) is 0 Å². The Morgan fingerprint density at radius 2 is 1.79 bits per heavy atom. The molecule has 0 unspecified atom stereocenters. The molecule has 0 radical (unpaired) electrons. The van der Waals surface area contributed by atoms with Gasteiger partial charge in [-0.1, -0.05) is 33.3 Å². The minimum atomic E-state index is 0.0906. The van der Waals surface area contributed by atoms with Gasteiger partial charge in [-0.25, -0.2) is 0 Å². The van der Waals surface area contributed by atoms with Crippen LogP contribution in [0.1, 0.15) is 73.6 Å². The molecule has 0 bridgehead atoms. The van der Waals surface area contributed by atoms with Crippen molar-refractivity contribution in [3.8, 4) is 11.8 Å². The Kier molecular flexibility index (Phi) is 8.65. The molecule has 0 spiro atoms. The van der Waals surface area contributed by atoms with Gasteiger partial charge < -0.3 is 4.74 Å². The van der Waals surface area contributed by atoms with E-state index in [1.807, 2.05) is 13.8 Å². The smallest absolute Gasteiger partial charge is 0.0982 e. The van der Waals surface area contributed by atoms with Crippen molar-refractivity contribution in [1.29, 1.82) is 0 Å². The average Bonchev–Trinajstić information content (AvgIpc) is 2.82. The van der Waals surface area contributed by atoms with Crippen molar-refractivity contribution >= 4 is 0 Å². The van der Waals surface area contributed by atoms with E-state index in [9.17, 15) is 0 Å². The van der Waals surface area contributed by atoms with Crippen molar-refractivity contribution in [2.24, 2.45) is 11.3 Å². The minimum Gasteiger partial charge on any atom is -0.495 e. The highest BCUT2D eigenvalue weighted by atomic mass is 16.5. The molecule has 0 N–H and O–H groups in total. The fourth-order valence-corrected chi connectivity index (χ4v) is 1.92. The van der Waals surface area contributed by atoms with Crippen molar-refractivity contribution in [3.05, 3.63) is 12.3 Å². The maximum absolute atomic E-state index is 5.89. The molecule has 0 aromatic heterocycles. The minimum absolute atomic E-state index is 0.0906. The van der Waals surface area contributed by atoms with Gasteiger partial charge in [0.05, 0.1) is 11.9 Å². The summed E-state index contributed by atoms with van der Waals surface area (Å²) in [7, 11) is 0. The van der Waals surface area contributed by atoms with Crippen LogP contribution in [0, 0.1) is 23.2 Å². The summed E-state index contributed by atoms with van der Waals surface area (Å²) in [6.07, 6.45) is 6.26. The molecule has 0 saturated heterocycles. The monoisotopic (exact) mass is 264 g/mol. The van der Waals surface area contributed by atoms with E-state index < -0.39 is 0 Å². The predicted molar refractivity (Wildman–Crippen MR) is 84.8 cm³/mol. The molecule has 19 heavy (non-hydrogen) atoms. The number of hydrogen-bond acceptors (Lipinski definition) is 1. The fraction of sp³-hybridized carbons (Fsp3) is 0.778. The Bertz CT molecular complexity index is 305. The first-order chi connectivity index (χ1) is 8.88. The molecular weight excluding hydrogens is 232 g/mol. The van der Waals surface area contributed by atoms with E-state index in [1.165, 1.54) is 25.7 Å². The van der Waals surface area contributed by atoms with E-state index >= 15 is 0 Å².